The summed E-state index contributed by atoms with van der Waals surface area (Å²) in [5, 5.41) is 10.7. The van der Waals surface area contributed by atoms with Crippen molar-refractivity contribution in [3.05, 3.63) is 68.4 Å². The lowest BCUT2D eigenvalue weighted by atomic mass is 9.99. The van der Waals surface area contributed by atoms with Crippen molar-refractivity contribution in [3.63, 3.8) is 0 Å². The molecule has 0 saturated carbocycles. The van der Waals surface area contributed by atoms with Gasteiger partial charge >= 0.3 is 0 Å². The summed E-state index contributed by atoms with van der Waals surface area (Å²) in [6.45, 7) is 1.84. The highest BCUT2D eigenvalue weighted by atomic mass is 79.9. The number of aliphatic hydroxyl groups excluding tert-OH is 1. The molecule has 0 fully saturated rings. The van der Waals surface area contributed by atoms with E-state index in [0.717, 1.165) is 5.56 Å². The van der Waals surface area contributed by atoms with Gasteiger partial charge in [0.25, 0.3) is 0 Å². The highest BCUT2D eigenvalue weighted by Gasteiger charge is 2.20. The molecule has 0 bridgehead atoms. The second-order valence-corrected chi connectivity index (χ2v) is 5.32. The molecule has 0 aliphatic heterocycles. The Bertz CT molecular complexity index is 566. The molecular formula is C14H11BrClFO. The number of halogens is 3. The third-order valence-corrected chi connectivity index (χ3v) is 3.74. The summed E-state index contributed by atoms with van der Waals surface area (Å²) in [7, 11) is 0. The summed E-state index contributed by atoms with van der Waals surface area (Å²) in [6.07, 6.45) is -1.09. The van der Waals surface area contributed by atoms with Crippen LogP contribution in [0, 0.1) is 12.7 Å². The maximum absolute atomic E-state index is 13.8. The lowest BCUT2D eigenvalue weighted by Gasteiger charge is -2.16. The van der Waals surface area contributed by atoms with Crippen molar-refractivity contribution in [2.24, 2.45) is 0 Å². The minimum absolute atomic E-state index is 0.226. The summed E-state index contributed by atoms with van der Waals surface area (Å²) in [5.74, 6) is -0.445. The van der Waals surface area contributed by atoms with Gasteiger partial charge in [0.1, 0.15) is 11.9 Å². The van der Waals surface area contributed by atoms with Gasteiger partial charge in [-0.2, -0.15) is 0 Å². The van der Waals surface area contributed by atoms with E-state index in [0.29, 0.717) is 15.1 Å². The first-order chi connectivity index (χ1) is 8.50. The number of aliphatic hydroxyl groups is 1. The van der Waals surface area contributed by atoms with Gasteiger partial charge in [0.05, 0.1) is 0 Å². The van der Waals surface area contributed by atoms with E-state index in [1.807, 2.05) is 6.92 Å². The molecule has 18 heavy (non-hydrogen) atoms. The summed E-state index contributed by atoms with van der Waals surface area (Å²) in [6, 6.07) is 9.81. The number of hydrogen-bond donors (Lipinski definition) is 1. The first-order valence-corrected chi connectivity index (χ1v) is 6.56. The van der Waals surface area contributed by atoms with Crippen LogP contribution in [-0.2, 0) is 0 Å². The Hall–Kier alpha value is -0.900. The molecule has 1 N–H and O–H groups in total. The fourth-order valence-electron chi connectivity index (χ4n) is 1.80. The van der Waals surface area contributed by atoms with Crippen molar-refractivity contribution in [3.8, 4) is 0 Å². The Morgan fingerprint density at radius 3 is 2.67 bits per heavy atom. The van der Waals surface area contributed by atoms with Crippen molar-refractivity contribution in [2.45, 2.75) is 13.0 Å². The van der Waals surface area contributed by atoms with Crippen molar-refractivity contribution in [1.29, 1.82) is 0 Å². The van der Waals surface area contributed by atoms with Crippen LogP contribution in [0.5, 0.6) is 0 Å². The fourth-order valence-corrected chi connectivity index (χ4v) is 2.78. The van der Waals surface area contributed by atoms with Crippen LogP contribution in [0.15, 0.2) is 40.9 Å². The van der Waals surface area contributed by atoms with Crippen LogP contribution in [-0.4, -0.2) is 5.11 Å². The van der Waals surface area contributed by atoms with E-state index in [9.17, 15) is 9.50 Å². The van der Waals surface area contributed by atoms with Crippen LogP contribution < -0.4 is 0 Å². The van der Waals surface area contributed by atoms with Crippen molar-refractivity contribution < 1.29 is 9.50 Å². The monoisotopic (exact) mass is 328 g/mol. The van der Waals surface area contributed by atoms with Gasteiger partial charge in [0, 0.05) is 20.6 Å². The second-order valence-electron chi connectivity index (χ2n) is 4.06. The zero-order valence-corrected chi connectivity index (χ0v) is 12.0. The molecular weight excluding hydrogens is 319 g/mol. The number of aryl methyl sites for hydroxylation is 1. The predicted octanol–water partition coefficient (Wildman–Crippen LogP) is 4.63. The first-order valence-electron chi connectivity index (χ1n) is 5.38. The average molecular weight is 330 g/mol. The predicted molar refractivity (Wildman–Crippen MR) is 74.4 cm³/mol. The van der Waals surface area contributed by atoms with E-state index in [4.69, 9.17) is 11.6 Å². The van der Waals surface area contributed by atoms with Gasteiger partial charge in [-0.15, -0.1) is 0 Å². The van der Waals surface area contributed by atoms with Gasteiger partial charge in [-0.05, 0) is 25.1 Å². The minimum atomic E-state index is -1.09. The smallest absolute Gasteiger partial charge is 0.129 e. The van der Waals surface area contributed by atoms with Gasteiger partial charge in [0.2, 0.25) is 0 Å². The minimum Gasteiger partial charge on any atom is -0.383 e. The zero-order chi connectivity index (χ0) is 13.3. The van der Waals surface area contributed by atoms with Gasteiger partial charge < -0.3 is 5.11 Å². The van der Waals surface area contributed by atoms with Gasteiger partial charge in [-0.1, -0.05) is 51.3 Å². The molecule has 94 valence electrons. The molecule has 2 rings (SSSR count). The highest BCUT2D eigenvalue weighted by molar-refractivity contribution is 9.10. The van der Waals surface area contributed by atoms with Crippen LogP contribution in [0.1, 0.15) is 22.8 Å². The largest absolute Gasteiger partial charge is 0.383 e. The van der Waals surface area contributed by atoms with Crippen LogP contribution >= 0.6 is 27.5 Å². The van der Waals surface area contributed by atoms with Crippen LogP contribution in [0.4, 0.5) is 4.39 Å². The number of rotatable bonds is 2. The highest BCUT2D eigenvalue weighted by Crippen LogP contribution is 2.35. The van der Waals surface area contributed by atoms with E-state index < -0.39 is 11.9 Å². The molecule has 0 aliphatic rings. The Morgan fingerprint density at radius 1 is 1.28 bits per heavy atom. The van der Waals surface area contributed by atoms with Gasteiger partial charge in [-0.25, -0.2) is 4.39 Å². The van der Waals surface area contributed by atoms with Gasteiger partial charge in [0.15, 0.2) is 0 Å². The normalized spacial score (nSPS) is 12.5. The molecule has 0 heterocycles. The topological polar surface area (TPSA) is 20.2 Å². The lowest BCUT2D eigenvalue weighted by molar-refractivity contribution is 0.214. The average Bonchev–Trinajstić information content (AvgIpc) is 2.32. The summed E-state index contributed by atoms with van der Waals surface area (Å²) in [4.78, 5) is 0. The molecule has 0 spiro atoms. The van der Waals surface area contributed by atoms with E-state index >= 15 is 0 Å². The van der Waals surface area contributed by atoms with Crippen LogP contribution in [0.3, 0.4) is 0 Å². The molecule has 0 radical (unpaired) electrons. The van der Waals surface area contributed by atoms with Crippen molar-refractivity contribution in [1.82, 2.24) is 0 Å². The van der Waals surface area contributed by atoms with Crippen molar-refractivity contribution >= 4 is 27.5 Å². The summed E-state index contributed by atoms with van der Waals surface area (Å²) in [5.41, 5.74) is 1.58. The molecule has 1 nitrogen and oxygen atoms in total. The molecule has 0 saturated heterocycles. The number of hydrogen-bond acceptors (Lipinski definition) is 1. The molecule has 2 aromatic carbocycles. The van der Waals surface area contributed by atoms with Gasteiger partial charge in [-0.3, -0.25) is 0 Å². The van der Waals surface area contributed by atoms with Crippen LogP contribution in [0.2, 0.25) is 5.02 Å². The maximum Gasteiger partial charge on any atom is 0.129 e. The summed E-state index contributed by atoms with van der Waals surface area (Å²) < 4.78 is 14.4. The summed E-state index contributed by atoms with van der Waals surface area (Å²) >= 11 is 9.38. The van der Waals surface area contributed by atoms with Crippen molar-refractivity contribution in [2.75, 3.05) is 0 Å². The quantitative estimate of drug-likeness (QED) is 0.851. The zero-order valence-electron chi connectivity index (χ0n) is 9.62. The molecule has 0 aromatic heterocycles. The molecule has 2 aromatic rings. The Balaban J connectivity index is 2.54. The Morgan fingerprint density at radius 2 is 2.00 bits per heavy atom. The Kier molecular flexibility index (Phi) is 4.05. The lowest BCUT2D eigenvalue weighted by Crippen LogP contribution is -2.04. The third kappa shape index (κ3) is 2.58. The van der Waals surface area contributed by atoms with E-state index in [2.05, 4.69) is 15.9 Å². The molecule has 0 amide bonds. The standard InChI is InChI=1S/C14H11BrClFO/c1-8-5-6-12(17)9(7-8)14(18)13-10(15)3-2-4-11(13)16/h2-7,14,18H,1H3. The Labute approximate surface area is 118 Å². The first kappa shape index (κ1) is 13.5. The maximum atomic E-state index is 13.8. The molecule has 1 unspecified atom stereocenters. The third-order valence-electron chi connectivity index (χ3n) is 2.72. The number of benzene rings is 2. The fraction of sp³-hybridized carbons (Fsp3) is 0.143. The van der Waals surface area contributed by atoms with E-state index in [1.165, 1.54) is 6.07 Å². The SMILES string of the molecule is Cc1ccc(F)c(C(O)c2c(Cl)cccc2Br)c1. The second kappa shape index (κ2) is 5.39. The van der Waals surface area contributed by atoms with Crippen LogP contribution in [0.25, 0.3) is 0 Å². The van der Waals surface area contributed by atoms with E-state index in [-0.39, 0.29) is 5.56 Å². The molecule has 4 heteroatoms. The molecule has 0 aliphatic carbocycles. The molecule has 1 atom stereocenters. The van der Waals surface area contributed by atoms with E-state index in [1.54, 1.807) is 30.3 Å².